The van der Waals surface area contributed by atoms with E-state index in [1.165, 1.54) is 11.2 Å². The lowest BCUT2D eigenvalue weighted by Gasteiger charge is -2.31. The lowest BCUT2D eigenvalue weighted by atomic mass is 9.89. The smallest absolute Gasteiger partial charge is 0.417 e. The van der Waals surface area contributed by atoms with Crippen LogP contribution in [0.3, 0.4) is 0 Å². The van der Waals surface area contributed by atoms with E-state index in [0.717, 1.165) is 16.8 Å². The molecule has 9 heteroatoms. The first-order valence-corrected chi connectivity index (χ1v) is 10.7. The predicted octanol–water partition coefficient (Wildman–Crippen LogP) is 4.59. The first-order valence-electron chi connectivity index (χ1n) is 10.4. The van der Waals surface area contributed by atoms with E-state index in [1.807, 2.05) is 39.0 Å². The maximum atomic E-state index is 12.6. The number of amides is 1. The third-order valence-electron chi connectivity index (χ3n) is 5.68. The lowest BCUT2D eigenvalue weighted by molar-refractivity contribution is 0.0592. The largest absolute Gasteiger partial charge is 0.441 e. The normalized spacial score (nSPS) is 20.6. The van der Waals surface area contributed by atoms with E-state index in [4.69, 9.17) is 16.3 Å². The number of hydrogen-bond acceptors (Lipinski definition) is 7. The maximum Gasteiger partial charge on any atom is 0.417 e. The van der Waals surface area contributed by atoms with Crippen molar-refractivity contribution in [1.29, 1.82) is 0 Å². The summed E-state index contributed by atoms with van der Waals surface area (Å²) < 4.78 is 5.59. The molecule has 1 amide bonds. The Bertz CT molecular complexity index is 1040. The fraction of sp³-hybridized carbons (Fsp3) is 0.455. The van der Waals surface area contributed by atoms with Crippen molar-refractivity contribution in [2.75, 3.05) is 22.1 Å². The van der Waals surface area contributed by atoms with Crippen molar-refractivity contribution in [1.82, 2.24) is 15.0 Å². The number of nitrogens with zero attached hydrogens (tertiary/aromatic N) is 4. The van der Waals surface area contributed by atoms with Crippen LogP contribution in [0.1, 0.15) is 40.2 Å². The first kappa shape index (κ1) is 21.4. The average molecular weight is 443 g/mol. The molecule has 8 nitrogen and oxygen atoms in total. The van der Waals surface area contributed by atoms with Gasteiger partial charge in [-0.1, -0.05) is 25.4 Å². The summed E-state index contributed by atoms with van der Waals surface area (Å²) in [5.74, 6) is 0.848. The van der Waals surface area contributed by atoms with Crippen LogP contribution in [0.4, 0.5) is 22.4 Å². The number of ether oxygens (including phenoxy) is 1. The molecular weight excluding hydrogens is 416 g/mol. The molecule has 0 unspecified atom stereocenters. The molecule has 1 aromatic carbocycles. The fourth-order valence-corrected chi connectivity index (χ4v) is 4.55. The van der Waals surface area contributed by atoms with Gasteiger partial charge in [0.2, 0.25) is 11.9 Å². The number of halogens is 1. The Balaban J connectivity index is 1.56. The van der Waals surface area contributed by atoms with E-state index >= 15 is 0 Å². The van der Waals surface area contributed by atoms with E-state index in [2.05, 4.69) is 45.5 Å². The third-order valence-corrected chi connectivity index (χ3v) is 5.92. The van der Waals surface area contributed by atoms with E-state index < -0.39 is 11.7 Å². The Hall–Kier alpha value is -2.87. The molecule has 3 heterocycles. The van der Waals surface area contributed by atoms with Crippen LogP contribution in [0.25, 0.3) is 6.08 Å². The number of aromatic nitrogens is 3. The summed E-state index contributed by atoms with van der Waals surface area (Å²) >= 11 is 6.14. The highest BCUT2D eigenvalue weighted by Crippen LogP contribution is 2.36. The molecule has 0 saturated carbocycles. The topological polar surface area (TPSA) is 92.3 Å². The predicted molar refractivity (Wildman–Crippen MR) is 122 cm³/mol. The van der Waals surface area contributed by atoms with Gasteiger partial charge in [-0.3, -0.25) is 0 Å². The number of fused-ring (bicyclic) bond motifs is 1. The van der Waals surface area contributed by atoms with Gasteiger partial charge in [0.05, 0.1) is 6.04 Å². The molecular formula is C22H27ClN6O2. The van der Waals surface area contributed by atoms with Crippen LogP contribution in [-0.2, 0) is 4.74 Å². The number of cyclic esters (lactones) is 1. The van der Waals surface area contributed by atoms with Crippen molar-refractivity contribution in [2.45, 2.75) is 52.3 Å². The molecule has 4 rings (SSSR count). The van der Waals surface area contributed by atoms with Gasteiger partial charge in [0.25, 0.3) is 0 Å². The summed E-state index contributed by atoms with van der Waals surface area (Å²) in [7, 11) is 0. The molecule has 2 aliphatic rings. The zero-order chi connectivity index (χ0) is 22.3. The monoisotopic (exact) mass is 442 g/mol. The summed E-state index contributed by atoms with van der Waals surface area (Å²) in [6.07, 6.45) is 3.09. The van der Waals surface area contributed by atoms with Gasteiger partial charge >= 0.3 is 6.09 Å². The molecule has 2 atom stereocenters. The van der Waals surface area contributed by atoms with Crippen LogP contribution >= 0.6 is 11.6 Å². The summed E-state index contributed by atoms with van der Waals surface area (Å²) in [4.78, 5) is 27.1. The highest BCUT2D eigenvalue weighted by Gasteiger charge is 2.51. The molecule has 1 fully saturated rings. The van der Waals surface area contributed by atoms with Crippen LogP contribution in [0.5, 0.6) is 0 Å². The standard InChI is InChI=1S/C22H27ClN6O2/c1-12(2)18-22(4,5)31-21(30)29(18)20-26-11-25-19(28-20)27-13(3)15-8-14-9-16(23)6-7-17(14)24-10-15/h6-9,11-13,18,24H,10H2,1-5H3,(H,25,26,27,28)/t13-,18-/m0/s1. The number of nitrogens with one attached hydrogen (secondary N) is 2. The van der Waals surface area contributed by atoms with Gasteiger partial charge < -0.3 is 15.4 Å². The minimum atomic E-state index is -0.633. The zero-order valence-electron chi connectivity index (χ0n) is 18.3. The molecule has 0 bridgehead atoms. The number of carbonyl (C=O) groups excluding carboxylic acids is 1. The van der Waals surface area contributed by atoms with Crippen LogP contribution in [-0.4, -0.2) is 45.3 Å². The minimum absolute atomic E-state index is 0.0438. The average Bonchev–Trinajstić information content (AvgIpc) is 2.95. The van der Waals surface area contributed by atoms with Gasteiger partial charge in [-0.2, -0.15) is 4.98 Å². The molecule has 2 aromatic rings. The second kappa shape index (κ2) is 8.00. The SMILES string of the molecule is CC(C)[C@@H]1N(c2ncnc(N[C@@H](C)C3=Cc4cc(Cl)ccc4NC3)n2)C(=O)OC1(C)C. The quantitative estimate of drug-likeness (QED) is 0.699. The lowest BCUT2D eigenvalue weighted by Crippen LogP contribution is -2.46. The van der Waals surface area contributed by atoms with Crippen LogP contribution in [0.15, 0.2) is 30.1 Å². The Morgan fingerprint density at radius 2 is 2.06 bits per heavy atom. The van der Waals surface area contributed by atoms with E-state index in [-0.39, 0.29) is 23.9 Å². The van der Waals surface area contributed by atoms with Crippen molar-refractivity contribution < 1.29 is 9.53 Å². The summed E-state index contributed by atoms with van der Waals surface area (Å²) in [6, 6.07) is 5.55. The number of rotatable bonds is 5. The van der Waals surface area contributed by atoms with Crippen molar-refractivity contribution in [3.8, 4) is 0 Å². The molecule has 0 aliphatic carbocycles. The molecule has 0 radical (unpaired) electrons. The van der Waals surface area contributed by atoms with Crippen LogP contribution < -0.4 is 15.5 Å². The van der Waals surface area contributed by atoms with Gasteiger partial charge in [0.15, 0.2) is 0 Å². The van der Waals surface area contributed by atoms with E-state index in [1.54, 1.807) is 0 Å². The van der Waals surface area contributed by atoms with E-state index in [9.17, 15) is 4.79 Å². The molecule has 1 saturated heterocycles. The second-order valence-electron chi connectivity index (χ2n) is 8.81. The summed E-state index contributed by atoms with van der Waals surface area (Å²) in [5, 5.41) is 7.42. The second-order valence-corrected chi connectivity index (χ2v) is 9.25. The Morgan fingerprint density at radius 1 is 1.29 bits per heavy atom. The van der Waals surface area contributed by atoms with Crippen molar-refractivity contribution >= 4 is 41.4 Å². The third kappa shape index (κ3) is 4.17. The molecule has 2 aliphatic heterocycles. The summed E-state index contributed by atoms with van der Waals surface area (Å²) in [5.41, 5.74) is 2.60. The Labute approximate surface area is 187 Å². The number of benzene rings is 1. The van der Waals surface area contributed by atoms with Gasteiger partial charge in [-0.15, -0.1) is 0 Å². The molecule has 164 valence electrons. The van der Waals surface area contributed by atoms with Gasteiger partial charge in [0, 0.05) is 23.3 Å². The van der Waals surface area contributed by atoms with Gasteiger partial charge in [-0.05, 0) is 62.1 Å². The first-order chi connectivity index (χ1) is 14.7. The Kier molecular flexibility index (Phi) is 5.51. The van der Waals surface area contributed by atoms with Gasteiger partial charge in [-0.25, -0.2) is 19.7 Å². The number of hydrogen-bond donors (Lipinski definition) is 2. The van der Waals surface area contributed by atoms with Crippen molar-refractivity contribution in [3.05, 3.63) is 40.7 Å². The van der Waals surface area contributed by atoms with Crippen molar-refractivity contribution in [3.63, 3.8) is 0 Å². The molecule has 1 aromatic heterocycles. The van der Waals surface area contributed by atoms with Gasteiger partial charge in [0.1, 0.15) is 11.9 Å². The molecule has 0 spiro atoms. The highest BCUT2D eigenvalue weighted by atomic mass is 35.5. The highest BCUT2D eigenvalue weighted by molar-refractivity contribution is 6.30. The molecule has 31 heavy (non-hydrogen) atoms. The molecule has 2 N–H and O–H groups in total. The van der Waals surface area contributed by atoms with E-state index in [0.29, 0.717) is 17.5 Å². The fourth-order valence-electron chi connectivity index (χ4n) is 4.37. The summed E-state index contributed by atoms with van der Waals surface area (Å²) in [6.45, 7) is 10.7. The number of carbonyl (C=O) groups is 1. The van der Waals surface area contributed by atoms with Crippen molar-refractivity contribution in [2.24, 2.45) is 5.92 Å². The minimum Gasteiger partial charge on any atom is -0.441 e. The number of anilines is 3. The van der Waals surface area contributed by atoms with Crippen LogP contribution in [0.2, 0.25) is 5.02 Å². The zero-order valence-corrected chi connectivity index (χ0v) is 19.1. The maximum absolute atomic E-state index is 12.6. The van der Waals surface area contributed by atoms with Crippen LogP contribution in [0, 0.1) is 5.92 Å². The Morgan fingerprint density at radius 3 is 2.81 bits per heavy atom.